The molecule has 1 aromatic heterocycles. The molecule has 0 fully saturated rings. The van der Waals surface area contributed by atoms with Crippen molar-refractivity contribution < 1.29 is 0 Å². The highest BCUT2D eigenvalue weighted by atomic mass is 16.1. The van der Waals surface area contributed by atoms with Gasteiger partial charge in [0.1, 0.15) is 11.6 Å². The molecule has 2 aromatic rings. The molecule has 0 unspecified atom stereocenters. The Morgan fingerprint density at radius 3 is 2.56 bits per heavy atom. The van der Waals surface area contributed by atoms with Crippen LogP contribution in [0.15, 0.2) is 35.1 Å². The van der Waals surface area contributed by atoms with Crippen LogP contribution in [0, 0.1) is 22.8 Å². The number of nitrogens with zero attached hydrogens (tertiary/aromatic N) is 3. The highest BCUT2D eigenvalue weighted by Crippen LogP contribution is 2.19. The number of aromatic amines is 1. The molecule has 1 aromatic carbocycles. The van der Waals surface area contributed by atoms with Crippen molar-refractivity contribution in [2.45, 2.75) is 0 Å². The average Bonchev–Trinajstić information content (AvgIpc) is 2.39. The first-order valence-corrected chi connectivity index (χ1v) is 5.01. The largest absolute Gasteiger partial charge is 0.291 e. The van der Waals surface area contributed by atoms with Crippen molar-refractivity contribution in [3.05, 3.63) is 46.2 Å². The smallest absolute Gasteiger partial charge is 0.270 e. The number of anilines is 1. The van der Waals surface area contributed by atoms with Crippen LogP contribution in [0.2, 0.25) is 0 Å². The molecule has 6 heteroatoms. The van der Waals surface area contributed by atoms with Gasteiger partial charge in [0, 0.05) is 5.56 Å². The molecule has 0 aliphatic carbocycles. The summed E-state index contributed by atoms with van der Waals surface area (Å²) < 4.78 is 0. The highest BCUT2D eigenvalue weighted by molar-refractivity contribution is 5.67. The van der Waals surface area contributed by atoms with Crippen molar-refractivity contribution >= 4 is 5.95 Å². The molecule has 6 nitrogen and oxygen atoms in total. The lowest BCUT2D eigenvalue weighted by Crippen LogP contribution is -2.15. The molecule has 0 saturated heterocycles. The first kappa shape index (κ1) is 11.4. The van der Waals surface area contributed by atoms with Crippen LogP contribution in [0.1, 0.15) is 5.56 Å². The van der Waals surface area contributed by atoms with Crippen molar-refractivity contribution in [2.24, 2.45) is 0 Å². The maximum Gasteiger partial charge on any atom is 0.270 e. The van der Waals surface area contributed by atoms with Gasteiger partial charge in [0.2, 0.25) is 5.95 Å². The summed E-state index contributed by atoms with van der Waals surface area (Å²) >= 11 is 0. The maximum absolute atomic E-state index is 11.7. The van der Waals surface area contributed by atoms with Crippen LogP contribution in [-0.2, 0) is 0 Å². The standard InChI is InChI=1S/C12H7N5O/c13-6-9-10(8-4-2-1-3-5-8)16-12(15-7-14)17-11(9)18/h1-5H,(H2,15,16,17,18). The van der Waals surface area contributed by atoms with Gasteiger partial charge in [0.05, 0.1) is 5.69 Å². The van der Waals surface area contributed by atoms with E-state index in [-0.39, 0.29) is 17.2 Å². The Morgan fingerprint density at radius 1 is 1.22 bits per heavy atom. The zero-order valence-electron chi connectivity index (χ0n) is 9.14. The number of H-pyrrole nitrogens is 1. The van der Waals surface area contributed by atoms with Gasteiger partial charge in [-0.15, -0.1) is 0 Å². The van der Waals surface area contributed by atoms with Gasteiger partial charge in [-0.1, -0.05) is 30.3 Å². The number of rotatable bonds is 2. The highest BCUT2D eigenvalue weighted by Gasteiger charge is 2.12. The van der Waals surface area contributed by atoms with Crippen LogP contribution in [0.25, 0.3) is 11.3 Å². The van der Waals surface area contributed by atoms with E-state index in [4.69, 9.17) is 10.5 Å². The SMILES string of the molecule is N#CNc1nc(-c2ccccc2)c(C#N)c(=O)[nH]1. The number of nitrogens with one attached hydrogen (secondary N) is 2. The fourth-order valence-corrected chi connectivity index (χ4v) is 1.49. The average molecular weight is 237 g/mol. The molecular weight excluding hydrogens is 230 g/mol. The lowest BCUT2D eigenvalue weighted by atomic mass is 10.1. The summed E-state index contributed by atoms with van der Waals surface area (Å²) in [7, 11) is 0. The first-order valence-electron chi connectivity index (χ1n) is 5.01. The molecule has 0 atom stereocenters. The van der Waals surface area contributed by atoms with E-state index in [2.05, 4.69) is 15.3 Å². The Balaban J connectivity index is 2.70. The van der Waals surface area contributed by atoms with Gasteiger partial charge in [0.25, 0.3) is 5.56 Å². The van der Waals surface area contributed by atoms with Crippen LogP contribution in [0.4, 0.5) is 5.95 Å². The van der Waals surface area contributed by atoms with E-state index < -0.39 is 5.56 Å². The van der Waals surface area contributed by atoms with Crippen molar-refractivity contribution in [1.82, 2.24) is 9.97 Å². The van der Waals surface area contributed by atoms with Crippen molar-refractivity contribution in [2.75, 3.05) is 5.32 Å². The van der Waals surface area contributed by atoms with E-state index in [1.54, 1.807) is 30.5 Å². The second-order valence-corrected chi connectivity index (χ2v) is 3.35. The summed E-state index contributed by atoms with van der Waals surface area (Å²) in [5.74, 6) is 0.0142. The molecule has 0 aliphatic rings. The van der Waals surface area contributed by atoms with Gasteiger partial charge in [-0.25, -0.2) is 4.98 Å². The minimum atomic E-state index is -0.580. The Labute approximate surface area is 102 Å². The van der Waals surface area contributed by atoms with E-state index in [9.17, 15) is 4.79 Å². The van der Waals surface area contributed by atoms with Gasteiger partial charge < -0.3 is 0 Å². The van der Waals surface area contributed by atoms with E-state index in [0.29, 0.717) is 5.56 Å². The Kier molecular flexibility index (Phi) is 3.04. The molecule has 18 heavy (non-hydrogen) atoms. The lowest BCUT2D eigenvalue weighted by Gasteiger charge is -2.04. The molecular formula is C12H7N5O. The number of aromatic nitrogens is 2. The first-order chi connectivity index (χ1) is 8.76. The third kappa shape index (κ3) is 2.04. The van der Waals surface area contributed by atoms with E-state index in [1.165, 1.54) is 0 Å². The Hall–Kier alpha value is -3.12. The number of benzene rings is 1. The van der Waals surface area contributed by atoms with E-state index in [1.807, 2.05) is 12.1 Å². The second-order valence-electron chi connectivity index (χ2n) is 3.35. The molecule has 0 amide bonds. The normalized spacial score (nSPS) is 9.22. The third-order valence-corrected chi connectivity index (χ3v) is 2.25. The molecule has 0 radical (unpaired) electrons. The zero-order valence-corrected chi connectivity index (χ0v) is 9.14. The molecule has 0 aliphatic heterocycles. The third-order valence-electron chi connectivity index (χ3n) is 2.25. The molecule has 0 spiro atoms. The van der Waals surface area contributed by atoms with Crippen LogP contribution in [0.5, 0.6) is 0 Å². The molecule has 1 heterocycles. The monoisotopic (exact) mass is 237 g/mol. The number of nitriles is 2. The van der Waals surface area contributed by atoms with Crippen molar-refractivity contribution in [1.29, 1.82) is 10.5 Å². The summed E-state index contributed by atoms with van der Waals surface area (Å²) in [6.45, 7) is 0. The Bertz CT molecular complexity index is 706. The number of hydrogen-bond donors (Lipinski definition) is 2. The second kappa shape index (κ2) is 4.81. The molecule has 0 bridgehead atoms. The van der Waals surface area contributed by atoms with Crippen LogP contribution >= 0.6 is 0 Å². The van der Waals surface area contributed by atoms with Crippen molar-refractivity contribution in [3.63, 3.8) is 0 Å². The topological polar surface area (TPSA) is 105 Å². The lowest BCUT2D eigenvalue weighted by molar-refractivity contribution is 1.11. The van der Waals surface area contributed by atoms with Gasteiger partial charge in [-0.3, -0.25) is 15.1 Å². The summed E-state index contributed by atoms with van der Waals surface area (Å²) in [5.41, 5.74) is 0.231. The van der Waals surface area contributed by atoms with Gasteiger partial charge >= 0.3 is 0 Å². The molecule has 86 valence electrons. The maximum atomic E-state index is 11.7. The Morgan fingerprint density at radius 2 is 1.94 bits per heavy atom. The van der Waals surface area contributed by atoms with Gasteiger partial charge in [-0.05, 0) is 0 Å². The number of hydrogen-bond acceptors (Lipinski definition) is 5. The minimum Gasteiger partial charge on any atom is -0.291 e. The van der Waals surface area contributed by atoms with E-state index >= 15 is 0 Å². The van der Waals surface area contributed by atoms with Crippen molar-refractivity contribution in [3.8, 4) is 23.5 Å². The van der Waals surface area contributed by atoms with E-state index in [0.717, 1.165) is 0 Å². The van der Waals surface area contributed by atoms with Gasteiger partial charge in [0.15, 0.2) is 6.19 Å². The summed E-state index contributed by atoms with van der Waals surface area (Å²) in [4.78, 5) is 18.0. The fraction of sp³-hybridized carbons (Fsp3) is 0. The molecule has 0 saturated carbocycles. The summed E-state index contributed by atoms with van der Waals surface area (Å²) in [6.07, 6.45) is 1.66. The molecule has 2 rings (SSSR count). The van der Waals surface area contributed by atoms with Crippen LogP contribution in [-0.4, -0.2) is 9.97 Å². The molecule has 2 N–H and O–H groups in total. The quantitative estimate of drug-likeness (QED) is 0.603. The minimum absolute atomic E-state index is 0.0142. The van der Waals surface area contributed by atoms with Crippen LogP contribution in [0.3, 0.4) is 0 Å². The predicted molar refractivity (Wildman–Crippen MR) is 64.2 cm³/mol. The summed E-state index contributed by atoms with van der Waals surface area (Å²) in [5, 5.41) is 19.7. The van der Waals surface area contributed by atoms with Gasteiger partial charge in [-0.2, -0.15) is 10.5 Å². The van der Waals surface area contributed by atoms with Crippen LogP contribution < -0.4 is 10.9 Å². The zero-order chi connectivity index (χ0) is 13.0. The predicted octanol–water partition coefficient (Wildman–Crippen LogP) is 1.20. The summed E-state index contributed by atoms with van der Waals surface area (Å²) in [6, 6.07) is 10.7. The fourth-order valence-electron chi connectivity index (χ4n) is 1.49.